The van der Waals surface area contributed by atoms with Crippen molar-refractivity contribution >= 4 is 17.3 Å². The fourth-order valence-electron chi connectivity index (χ4n) is 3.21. The second-order valence-electron chi connectivity index (χ2n) is 7.35. The summed E-state index contributed by atoms with van der Waals surface area (Å²) in [6.45, 7) is 5.07. The Balaban J connectivity index is 1.32. The van der Waals surface area contributed by atoms with Crippen LogP contribution in [0.3, 0.4) is 0 Å². The Labute approximate surface area is 188 Å². The van der Waals surface area contributed by atoms with E-state index in [1.165, 1.54) is 12.1 Å². The van der Waals surface area contributed by atoms with Gasteiger partial charge in [-0.05, 0) is 38.1 Å². The number of nitro groups is 1. The first-order chi connectivity index (χ1) is 15.9. The molecule has 33 heavy (non-hydrogen) atoms. The number of nitrogens with one attached hydrogen (secondary N) is 1. The summed E-state index contributed by atoms with van der Waals surface area (Å²) in [5, 5.41) is 22.2. The Hall–Kier alpha value is -4.41. The highest BCUT2D eigenvalue weighted by Crippen LogP contribution is 2.24. The van der Waals surface area contributed by atoms with E-state index in [0.717, 1.165) is 12.1 Å². The van der Waals surface area contributed by atoms with E-state index in [-0.39, 0.29) is 18.1 Å². The maximum absolute atomic E-state index is 12.5. The predicted molar refractivity (Wildman–Crippen MR) is 118 cm³/mol. The number of rotatable bonds is 9. The Morgan fingerprint density at radius 1 is 1.18 bits per heavy atom. The molecule has 11 nitrogen and oxygen atoms in total. The zero-order valence-electron chi connectivity index (χ0n) is 18.1. The van der Waals surface area contributed by atoms with Gasteiger partial charge in [-0.1, -0.05) is 0 Å². The van der Waals surface area contributed by atoms with Gasteiger partial charge in [0.05, 0.1) is 29.5 Å². The van der Waals surface area contributed by atoms with Crippen LogP contribution in [0.5, 0.6) is 5.75 Å². The van der Waals surface area contributed by atoms with Gasteiger partial charge in [-0.25, -0.2) is 0 Å². The summed E-state index contributed by atoms with van der Waals surface area (Å²) >= 11 is 0. The quantitative estimate of drug-likeness (QED) is 0.303. The molecule has 0 radical (unpaired) electrons. The number of carbonyl (C=O) groups excluding carboxylic acids is 1. The summed E-state index contributed by atoms with van der Waals surface area (Å²) < 4.78 is 14.7. The largest absolute Gasteiger partial charge is 0.486 e. The Kier molecular flexibility index (Phi) is 6.20. The molecule has 1 N–H and O–H groups in total. The lowest BCUT2D eigenvalue weighted by Crippen LogP contribution is -2.10. The van der Waals surface area contributed by atoms with Crippen LogP contribution in [0.25, 0.3) is 0 Å². The van der Waals surface area contributed by atoms with Gasteiger partial charge in [-0.15, -0.1) is 0 Å². The van der Waals surface area contributed by atoms with Gasteiger partial charge in [0.2, 0.25) is 0 Å². The summed E-state index contributed by atoms with van der Waals surface area (Å²) in [5.41, 5.74) is 2.07. The van der Waals surface area contributed by atoms with Gasteiger partial charge in [0.25, 0.3) is 11.6 Å². The average molecular weight is 450 g/mol. The van der Waals surface area contributed by atoms with Gasteiger partial charge >= 0.3 is 0 Å². The van der Waals surface area contributed by atoms with Crippen LogP contribution < -0.4 is 10.1 Å². The molecule has 0 saturated carbocycles. The standard InChI is InChI=1S/C22H22N6O5/c1-3-26-11-16(9-23-26)12-27-13-17(10-24-27)25-22(29)21-7-5-19(33-21)14-32-18-4-6-20(28(30)31)15(2)8-18/h4-11,13H,3,12,14H2,1-2H3,(H,25,29). The smallest absolute Gasteiger partial charge is 0.291 e. The van der Waals surface area contributed by atoms with Crippen molar-refractivity contribution in [1.82, 2.24) is 19.6 Å². The molecule has 0 aliphatic carbocycles. The molecule has 0 atom stereocenters. The third kappa shape index (κ3) is 5.26. The maximum atomic E-state index is 12.5. The van der Waals surface area contributed by atoms with Crippen molar-refractivity contribution in [2.24, 2.45) is 0 Å². The predicted octanol–water partition coefficient (Wildman–Crippen LogP) is 3.79. The van der Waals surface area contributed by atoms with Crippen LogP contribution in [-0.2, 0) is 19.7 Å². The fourth-order valence-corrected chi connectivity index (χ4v) is 3.21. The molecule has 1 aromatic carbocycles. The van der Waals surface area contributed by atoms with E-state index in [1.807, 2.05) is 17.8 Å². The minimum atomic E-state index is -0.444. The molecule has 3 aromatic heterocycles. The second-order valence-corrected chi connectivity index (χ2v) is 7.35. The second kappa shape index (κ2) is 9.39. The van der Waals surface area contributed by atoms with Crippen LogP contribution in [0.1, 0.15) is 34.4 Å². The van der Waals surface area contributed by atoms with Gasteiger partial charge in [-0.3, -0.25) is 24.3 Å². The van der Waals surface area contributed by atoms with Gasteiger partial charge in [0.15, 0.2) is 5.76 Å². The number of benzene rings is 1. The van der Waals surface area contributed by atoms with Crippen molar-refractivity contribution in [3.8, 4) is 5.75 Å². The number of aromatic nitrogens is 4. The van der Waals surface area contributed by atoms with Crippen molar-refractivity contribution in [3.05, 3.63) is 87.9 Å². The molecule has 1 amide bonds. The summed E-state index contributed by atoms with van der Waals surface area (Å²) in [5.74, 6) is 0.633. The summed E-state index contributed by atoms with van der Waals surface area (Å²) in [4.78, 5) is 23.0. The molecule has 0 aliphatic heterocycles. The molecule has 4 aromatic rings. The van der Waals surface area contributed by atoms with Crippen molar-refractivity contribution in [1.29, 1.82) is 0 Å². The monoisotopic (exact) mass is 450 g/mol. The van der Waals surface area contributed by atoms with E-state index in [2.05, 4.69) is 15.5 Å². The highest BCUT2D eigenvalue weighted by Gasteiger charge is 2.14. The van der Waals surface area contributed by atoms with Crippen molar-refractivity contribution < 1.29 is 18.9 Å². The number of nitrogens with zero attached hydrogens (tertiary/aromatic N) is 5. The molecule has 0 unspecified atom stereocenters. The zero-order chi connectivity index (χ0) is 23.4. The van der Waals surface area contributed by atoms with Gasteiger partial charge < -0.3 is 14.5 Å². The van der Waals surface area contributed by atoms with E-state index in [9.17, 15) is 14.9 Å². The number of hydrogen-bond donors (Lipinski definition) is 1. The Bertz CT molecular complexity index is 1290. The van der Waals surface area contributed by atoms with Crippen molar-refractivity contribution in [2.45, 2.75) is 33.5 Å². The number of anilines is 1. The number of furan rings is 1. The molecule has 0 spiro atoms. The average Bonchev–Trinajstić information content (AvgIpc) is 3.53. The third-order valence-corrected chi connectivity index (χ3v) is 4.88. The molecule has 11 heteroatoms. The van der Waals surface area contributed by atoms with Gasteiger partial charge in [-0.2, -0.15) is 10.2 Å². The summed E-state index contributed by atoms with van der Waals surface area (Å²) in [7, 11) is 0. The first kappa shape index (κ1) is 21.8. The highest BCUT2D eigenvalue weighted by atomic mass is 16.6. The molecule has 0 bridgehead atoms. The molecule has 170 valence electrons. The zero-order valence-corrected chi connectivity index (χ0v) is 18.1. The SMILES string of the molecule is CCn1cc(Cn2cc(NC(=O)c3ccc(COc4ccc([N+](=O)[O-])c(C)c4)o3)cn2)cn1. The summed E-state index contributed by atoms with van der Waals surface area (Å²) in [6.07, 6.45) is 7.02. The van der Waals surface area contributed by atoms with Crippen LogP contribution in [0.2, 0.25) is 0 Å². The number of nitro benzene ring substituents is 1. The summed E-state index contributed by atoms with van der Waals surface area (Å²) in [6, 6.07) is 7.69. The number of amides is 1. The minimum Gasteiger partial charge on any atom is -0.486 e. The van der Waals surface area contributed by atoms with Crippen LogP contribution in [-0.4, -0.2) is 30.4 Å². The molecule has 0 saturated heterocycles. The van der Waals surface area contributed by atoms with Crippen molar-refractivity contribution in [2.75, 3.05) is 5.32 Å². The Morgan fingerprint density at radius 3 is 2.73 bits per heavy atom. The number of aryl methyl sites for hydroxylation is 2. The normalized spacial score (nSPS) is 10.8. The molecular formula is C22H22N6O5. The lowest BCUT2D eigenvalue weighted by atomic mass is 10.2. The first-order valence-electron chi connectivity index (χ1n) is 10.2. The number of carbonyl (C=O) groups is 1. The minimum absolute atomic E-state index is 0.0265. The van der Waals surface area contributed by atoms with Crippen LogP contribution in [0.4, 0.5) is 11.4 Å². The first-order valence-corrected chi connectivity index (χ1v) is 10.2. The molecule has 0 fully saturated rings. The Morgan fingerprint density at radius 2 is 2.00 bits per heavy atom. The van der Waals surface area contributed by atoms with E-state index in [1.54, 1.807) is 48.4 Å². The third-order valence-electron chi connectivity index (χ3n) is 4.88. The van der Waals surface area contributed by atoms with Gasteiger partial charge in [0.1, 0.15) is 18.1 Å². The van der Waals surface area contributed by atoms with E-state index in [4.69, 9.17) is 9.15 Å². The van der Waals surface area contributed by atoms with E-state index >= 15 is 0 Å². The lowest BCUT2D eigenvalue weighted by Gasteiger charge is -2.05. The lowest BCUT2D eigenvalue weighted by molar-refractivity contribution is -0.385. The molecule has 3 heterocycles. The topological polar surface area (TPSA) is 130 Å². The molecular weight excluding hydrogens is 428 g/mol. The molecule has 4 rings (SSSR count). The number of ether oxygens (including phenoxy) is 1. The maximum Gasteiger partial charge on any atom is 0.291 e. The van der Waals surface area contributed by atoms with Gasteiger partial charge in [0, 0.05) is 36.1 Å². The van der Waals surface area contributed by atoms with E-state index < -0.39 is 10.8 Å². The van der Waals surface area contributed by atoms with Crippen LogP contribution >= 0.6 is 0 Å². The van der Waals surface area contributed by atoms with Crippen LogP contribution in [0.15, 0.2) is 59.5 Å². The van der Waals surface area contributed by atoms with E-state index in [0.29, 0.717) is 29.3 Å². The fraction of sp³-hybridized carbons (Fsp3) is 0.227. The number of hydrogen-bond acceptors (Lipinski definition) is 7. The van der Waals surface area contributed by atoms with Crippen molar-refractivity contribution in [3.63, 3.8) is 0 Å². The van der Waals surface area contributed by atoms with Crippen LogP contribution in [0, 0.1) is 17.0 Å². The highest BCUT2D eigenvalue weighted by molar-refractivity contribution is 6.02. The molecule has 0 aliphatic rings.